The Labute approximate surface area is 108 Å². The fourth-order valence-corrected chi connectivity index (χ4v) is 2.47. The van der Waals surface area contributed by atoms with Crippen LogP contribution in [0.3, 0.4) is 0 Å². The van der Waals surface area contributed by atoms with Crippen molar-refractivity contribution in [2.45, 2.75) is 38.6 Å². The normalized spacial score (nSPS) is 18.0. The van der Waals surface area contributed by atoms with Gasteiger partial charge >= 0.3 is 5.97 Å². The van der Waals surface area contributed by atoms with Crippen LogP contribution >= 0.6 is 0 Å². The maximum Gasteiger partial charge on any atom is 0.354 e. The van der Waals surface area contributed by atoms with E-state index >= 15 is 0 Å². The smallest absolute Gasteiger partial charge is 0.354 e. The Morgan fingerprint density at radius 1 is 1.22 bits per heavy atom. The SMILES string of the molecule is O=C(O)c1ncccc1CN1CCCCCCC1. The first kappa shape index (κ1) is 13.0. The van der Waals surface area contributed by atoms with E-state index in [9.17, 15) is 4.79 Å². The average molecular weight is 248 g/mol. The highest BCUT2D eigenvalue weighted by Crippen LogP contribution is 2.15. The minimum atomic E-state index is -0.933. The van der Waals surface area contributed by atoms with Crippen LogP contribution in [0.2, 0.25) is 0 Å². The maximum atomic E-state index is 11.1. The first-order valence-electron chi connectivity index (χ1n) is 6.67. The van der Waals surface area contributed by atoms with Gasteiger partial charge in [0, 0.05) is 12.7 Å². The molecule has 0 amide bonds. The number of nitrogens with zero attached hydrogens (tertiary/aromatic N) is 2. The van der Waals surface area contributed by atoms with Crippen LogP contribution in [-0.2, 0) is 6.54 Å². The third-order valence-corrected chi connectivity index (χ3v) is 3.44. The highest BCUT2D eigenvalue weighted by atomic mass is 16.4. The van der Waals surface area contributed by atoms with Gasteiger partial charge in [0.1, 0.15) is 0 Å². The molecule has 4 heteroatoms. The summed E-state index contributed by atoms with van der Waals surface area (Å²) >= 11 is 0. The monoisotopic (exact) mass is 248 g/mol. The molecule has 2 heterocycles. The molecule has 0 saturated carbocycles. The zero-order valence-corrected chi connectivity index (χ0v) is 10.6. The molecule has 1 aliphatic rings. The predicted molar refractivity (Wildman–Crippen MR) is 69.6 cm³/mol. The summed E-state index contributed by atoms with van der Waals surface area (Å²) in [7, 11) is 0. The van der Waals surface area contributed by atoms with E-state index in [1.165, 1.54) is 32.1 Å². The molecular weight excluding hydrogens is 228 g/mol. The minimum absolute atomic E-state index is 0.194. The molecule has 2 rings (SSSR count). The number of rotatable bonds is 3. The Kier molecular flexibility index (Phi) is 4.70. The van der Waals surface area contributed by atoms with Gasteiger partial charge in [0.25, 0.3) is 0 Å². The van der Waals surface area contributed by atoms with Gasteiger partial charge in [-0.2, -0.15) is 0 Å². The Morgan fingerprint density at radius 2 is 1.89 bits per heavy atom. The maximum absolute atomic E-state index is 11.1. The number of aromatic nitrogens is 1. The molecule has 1 aliphatic heterocycles. The minimum Gasteiger partial charge on any atom is -0.477 e. The fourth-order valence-electron chi connectivity index (χ4n) is 2.47. The lowest BCUT2D eigenvalue weighted by molar-refractivity contribution is 0.0687. The summed E-state index contributed by atoms with van der Waals surface area (Å²) in [5.74, 6) is -0.933. The number of pyridine rings is 1. The number of likely N-dealkylation sites (tertiary alicyclic amines) is 1. The molecule has 0 atom stereocenters. The number of carbonyl (C=O) groups is 1. The van der Waals surface area contributed by atoms with E-state index < -0.39 is 5.97 Å². The van der Waals surface area contributed by atoms with Crippen LogP contribution < -0.4 is 0 Å². The van der Waals surface area contributed by atoms with E-state index in [0.29, 0.717) is 6.54 Å². The lowest BCUT2D eigenvalue weighted by atomic mass is 10.1. The molecule has 98 valence electrons. The van der Waals surface area contributed by atoms with E-state index in [0.717, 1.165) is 18.7 Å². The lowest BCUT2D eigenvalue weighted by Crippen LogP contribution is -2.27. The third kappa shape index (κ3) is 3.53. The number of carboxylic acid groups (broad SMARTS) is 1. The summed E-state index contributed by atoms with van der Waals surface area (Å²) in [4.78, 5) is 17.4. The molecule has 0 radical (unpaired) electrons. The molecular formula is C14H20N2O2. The lowest BCUT2D eigenvalue weighted by Gasteiger charge is -2.24. The average Bonchev–Trinajstić information content (AvgIpc) is 2.33. The van der Waals surface area contributed by atoms with Gasteiger partial charge in [-0.15, -0.1) is 0 Å². The molecule has 1 saturated heterocycles. The van der Waals surface area contributed by atoms with Gasteiger partial charge in [0.2, 0.25) is 0 Å². The van der Waals surface area contributed by atoms with Crippen molar-refractivity contribution in [2.75, 3.05) is 13.1 Å². The molecule has 18 heavy (non-hydrogen) atoms. The van der Waals surface area contributed by atoms with Crippen molar-refractivity contribution in [3.8, 4) is 0 Å². The number of aromatic carboxylic acids is 1. The van der Waals surface area contributed by atoms with Crippen molar-refractivity contribution < 1.29 is 9.90 Å². The molecule has 1 fully saturated rings. The second-order valence-electron chi connectivity index (χ2n) is 4.86. The Balaban J connectivity index is 2.05. The van der Waals surface area contributed by atoms with Gasteiger partial charge in [-0.25, -0.2) is 9.78 Å². The second-order valence-corrected chi connectivity index (χ2v) is 4.86. The molecule has 0 spiro atoms. The molecule has 1 aromatic heterocycles. The van der Waals surface area contributed by atoms with Crippen molar-refractivity contribution in [1.29, 1.82) is 0 Å². The summed E-state index contributed by atoms with van der Waals surface area (Å²) in [6.45, 7) is 2.83. The van der Waals surface area contributed by atoms with Crippen LogP contribution in [0, 0.1) is 0 Å². The zero-order valence-electron chi connectivity index (χ0n) is 10.6. The highest BCUT2D eigenvalue weighted by molar-refractivity contribution is 5.86. The first-order chi connectivity index (χ1) is 8.77. The number of hydrogen-bond donors (Lipinski definition) is 1. The molecule has 0 aromatic carbocycles. The second kappa shape index (κ2) is 6.50. The topological polar surface area (TPSA) is 53.4 Å². The van der Waals surface area contributed by atoms with Crippen LogP contribution in [0.4, 0.5) is 0 Å². The van der Waals surface area contributed by atoms with Crippen LogP contribution in [-0.4, -0.2) is 34.0 Å². The van der Waals surface area contributed by atoms with Crippen LogP contribution in [0.15, 0.2) is 18.3 Å². The van der Waals surface area contributed by atoms with Crippen molar-refractivity contribution in [2.24, 2.45) is 0 Å². The molecule has 0 aliphatic carbocycles. The van der Waals surface area contributed by atoms with Crippen molar-refractivity contribution in [1.82, 2.24) is 9.88 Å². The summed E-state index contributed by atoms with van der Waals surface area (Å²) in [6, 6.07) is 3.68. The summed E-state index contributed by atoms with van der Waals surface area (Å²) in [5.41, 5.74) is 1.02. The van der Waals surface area contributed by atoms with Gasteiger partial charge in [-0.05, 0) is 37.6 Å². The standard InChI is InChI=1S/C14H20N2O2/c17-14(18)13-12(7-6-8-15-13)11-16-9-4-2-1-3-5-10-16/h6-8H,1-5,9-11H2,(H,17,18). The van der Waals surface area contributed by atoms with Crippen molar-refractivity contribution in [3.05, 3.63) is 29.6 Å². The summed E-state index contributed by atoms with van der Waals surface area (Å²) in [6.07, 6.45) is 7.87. The Hall–Kier alpha value is -1.42. The van der Waals surface area contributed by atoms with Crippen LogP contribution in [0.25, 0.3) is 0 Å². The third-order valence-electron chi connectivity index (χ3n) is 3.44. The van der Waals surface area contributed by atoms with Gasteiger partial charge in [-0.1, -0.05) is 25.3 Å². The molecule has 4 nitrogen and oxygen atoms in total. The summed E-state index contributed by atoms with van der Waals surface area (Å²) < 4.78 is 0. The summed E-state index contributed by atoms with van der Waals surface area (Å²) in [5, 5.41) is 9.11. The predicted octanol–water partition coefficient (Wildman–Crippen LogP) is 2.55. The molecule has 1 aromatic rings. The number of hydrogen-bond acceptors (Lipinski definition) is 3. The fraction of sp³-hybridized carbons (Fsp3) is 0.571. The van der Waals surface area contributed by atoms with E-state index in [1.54, 1.807) is 6.20 Å². The largest absolute Gasteiger partial charge is 0.477 e. The Bertz CT molecular complexity index is 399. The first-order valence-corrected chi connectivity index (χ1v) is 6.67. The van der Waals surface area contributed by atoms with E-state index in [1.807, 2.05) is 12.1 Å². The van der Waals surface area contributed by atoms with Crippen LogP contribution in [0.5, 0.6) is 0 Å². The van der Waals surface area contributed by atoms with Gasteiger partial charge in [0.05, 0.1) is 0 Å². The molecule has 1 N–H and O–H groups in total. The quantitative estimate of drug-likeness (QED) is 0.893. The van der Waals surface area contributed by atoms with Gasteiger partial charge < -0.3 is 5.11 Å². The van der Waals surface area contributed by atoms with Gasteiger partial charge in [-0.3, -0.25) is 4.90 Å². The van der Waals surface area contributed by atoms with Gasteiger partial charge in [0.15, 0.2) is 5.69 Å². The Morgan fingerprint density at radius 3 is 2.56 bits per heavy atom. The van der Waals surface area contributed by atoms with Crippen LogP contribution in [0.1, 0.15) is 48.2 Å². The van der Waals surface area contributed by atoms with E-state index in [4.69, 9.17) is 5.11 Å². The van der Waals surface area contributed by atoms with E-state index in [2.05, 4.69) is 9.88 Å². The van der Waals surface area contributed by atoms with E-state index in [-0.39, 0.29) is 5.69 Å². The van der Waals surface area contributed by atoms with Crippen molar-refractivity contribution in [3.63, 3.8) is 0 Å². The highest BCUT2D eigenvalue weighted by Gasteiger charge is 2.15. The molecule has 0 unspecified atom stereocenters. The molecule has 0 bridgehead atoms. The zero-order chi connectivity index (χ0) is 12.8. The number of carboxylic acids is 1. The van der Waals surface area contributed by atoms with Crippen molar-refractivity contribution >= 4 is 5.97 Å².